The van der Waals surface area contributed by atoms with Gasteiger partial charge >= 0.3 is 5.97 Å². The maximum atomic E-state index is 11.8. The first kappa shape index (κ1) is 16.7. The van der Waals surface area contributed by atoms with E-state index in [4.69, 9.17) is 14.2 Å². The van der Waals surface area contributed by atoms with Gasteiger partial charge in [-0.1, -0.05) is 0 Å². The fourth-order valence-electron chi connectivity index (χ4n) is 1.98. The SMILES string of the molecule is CCOC(=O)c1cnc(-c2cnc(OC)cc2OCC)nc1C. The van der Waals surface area contributed by atoms with Crippen molar-refractivity contribution in [2.45, 2.75) is 20.8 Å². The van der Waals surface area contributed by atoms with Crippen LogP contribution >= 0.6 is 0 Å². The maximum absolute atomic E-state index is 11.8. The van der Waals surface area contributed by atoms with Crippen LogP contribution in [0.3, 0.4) is 0 Å². The number of methoxy groups -OCH3 is 1. The van der Waals surface area contributed by atoms with Gasteiger partial charge in [-0.05, 0) is 20.8 Å². The number of carbonyl (C=O) groups is 1. The van der Waals surface area contributed by atoms with Gasteiger partial charge in [0, 0.05) is 18.5 Å². The Bertz CT molecular complexity index is 704. The molecule has 0 aliphatic heterocycles. The molecule has 122 valence electrons. The summed E-state index contributed by atoms with van der Waals surface area (Å²) in [6.45, 7) is 6.15. The Kier molecular flexibility index (Phi) is 5.46. The number of aromatic nitrogens is 3. The minimum Gasteiger partial charge on any atom is -0.493 e. The van der Waals surface area contributed by atoms with E-state index in [-0.39, 0.29) is 0 Å². The quantitative estimate of drug-likeness (QED) is 0.756. The molecule has 0 amide bonds. The average molecular weight is 317 g/mol. The van der Waals surface area contributed by atoms with Gasteiger partial charge in [0.2, 0.25) is 5.88 Å². The first-order valence-electron chi connectivity index (χ1n) is 7.28. The van der Waals surface area contributed by atoms with E-state index < -0.39 is 5.97 Å². The van der Waals surface area contributed by atoms with Crippen LogP contribution in [0.25, 0.3) is 11.4 Å². The molecule has 7 heteroatoms. The number of nitrogens with zero attached hydrogens (tertiary/aromatic N) is 3. The Labute approximate surface area is 134 Å². The summed E-state index contributed by atoms with van der Waals surface area (Å²) in [6.07, 6.45) is 3.04. The molecule has 0 atom stereocenters. The van der Waals surface area contributed by atoms with E-state index >= 15 is 0 Å². The van der Waals surface area contributed by atoms with Crippen LogP contribution in [0.1, 0.15) is 29.9 Å². The highest BCUT2D eigenvalue weighted by Crippen LogP contribution is 2.30. The van der Waals surface area contributed by atoms with Gasteiger partial charge in [0.25, 0.3) is 0 Å². The largest absolute Gasteiger partial charge is 0.493 e. The molecule has 0 fully saturated rings. The highest BCUT2D eigenvalue weighted by molar-refractivity contribution is 5.90. The third-order valence-electron chi connectivity index (χ3n) is 3.07. The molecule has 0 aliphatic carbocycles. The Morgan fingerprint density at radius 1 is 1.17 bits per heavy atom. The Hall–Kier alpha value is -2.70. The zero-order valence-corrected chi connectivity index (χ0v) is 13.6. The molecule has 2 aromatic rings. The first-order chi connectivity index (χ1) is 11.1. The van der Waals surface area contributed by atoms with Gasteiger partial charge in [0.05, 0.1) is 37.1 Å². The average Bonchev–Trinajstić information content (AvgIpc) is 2.55. The molecule has 0 unspecified atom stereocenters. The van der Waals surface area contributed by atoms with Crippen LogP contribution < -0.4 is 9.47 Å². The van der Waals surface area contributed by atoms with Crippen LogP contribution in [-0.4, -0.2) is 41.2 Å². The van der Waals surface area contributed by atoms with E-state index in [2.05, 4.69) is 15.0 Å². The van der Waals surface area contributed by atoms with Crippen LogP contribution in [0.5, 0.6) is 11.6 Å². The molecule has 0 saturated heterocycles. The number of ether oxygens (including phenoxy) is 3. The van der Waals surface area contributed by atoms with Crippen LogP contribution in [0.15, 0.2) is 18.5 Å². The van der Waals surface area contributed by atoms with Crippen LogP contribution in [-0.2, 0) is 4.74 Å². The topological polar surface area (TPSA) is 83.4 Å². The second-order valence-electron chi connectivity index (χ2n) is 4.57. The molecule has 0 saturated carbocycles. The molecule has 2 heterocycles. The fourth-order valence-corrected chi connectivity index (χ4v) is 1.98. The smallest absolute Gasteiger partial charge is 0.341 e. The second-order valence-corrected chi connectivity index (χ2v) is 4.57. The third-order valence-corrected chi connectivity index (χ3v) is 3.07. The molecule has 2 rings (SSSR count). The molecule has 0 spiro atoms. The molecule has 0 N–H and O–H groups in total. The number of hydrogen-bond acceptors (Lipinski definition) is 7. The number of hydrogen-bond donors (Lipinski definition) is 0. The summed E-state index contributed by atoms with van der Waals surface area (Å²) in [7, 11) is 1.53. The van der Waals surface area contributed by atoms with Gasteiger partial charge < -0.3 is 14.2 Å². The van der Waals surface area contributed by atoms with Crippen molar-refractivity contribution in [1.29, 1.82) is 0 Å². The van der Waals surface area contributed by atoms with Crippen LogP contribution in [0.2, 0.25) is 0 Å². The van der Waals surface area contributed by atoms with Crippen molar-refractivity contribution in [2.24, 2.45) is 0 Å². The van der Waals surface area contributed by atoms with Crippen molar-refractivity contribution in [3.63, 3.8) is 0 Å². The standard InChI is InChI=1S/C16H19N3O4/c1-5-22-13-7-14(21-4)17-9-12(13)15-18-8-11(10(3)19-15)16(20)23-6-2/h7-9H,5-6H2,1-4H3. The summed E-state index contributed by atoms with van der Waals surface area (Å²) >= 11 is 0. The third kappa shape index (κ3) is 3.74. The minimum absolute atomic E-state index is 0.302. The molecule has 0 aromatic carbocycles. The van der Waals surface area contributed by atoms with Gasteiger partial charge in [-0.25, -0.2) is 19.7 Å². The second kappa shape index (κ2) is 7.53. The Balaban J connectivity index is 2.42. The predicted molar refractivity (Wildman–Crippen MR) is 83.7 cm³/mol. The van der Waals surface area contributed by atoms with E-state index in [9.17, 15) is 4.79 Å². The van der Waals surface area contributed by atoms with Crippen molar-refractivity contribution in [3.8, 4) is 23.0 Å². The number of esters is 1. The summed E-state index contributed by atoms with van der Waals surface area (Å²) in [5, 5.41) is 0. The molecule has 23 heavy (non-hydrogen) atoms. The molecular formula is C16H19N3O4. The number of rotatable bonds is 6. The van der Waals surface area contributed by atoms with E-state index in [0.29, 0.717) is 47.5 Å². The van der Waals surface area contributed by atoms with Crippen LogP contribution in [0, 0.1) is 6.92 Å². The van der Waals surface area contributed by atoms with Gasteiger partial charge in [0.1, 0.15) is 5.75 Å². The lowest BCUT2D eigenvalue weighted by molar-refractivity contribution is 0.0524. The number of aryl methyl sites for hydroxylation is 1. The van der Waals surface area contributed by atoms with Gasteiger partial charge in [-0.15, -0.1) is 0 Å². The van der Waals surface area contributed by atoms with E-state index in [1.54, 1.807) is 26.1 Å². The van der Waals surface area contributed by atoms with E-state index in [1.807, 2.05) is 6.92 Å². The van der Waals surface area contributed by atoms with Crippen molar-refractivity contribution in [1.82, 2.24) is 15.0 Å². The van der Waals surface area contributed by atoms with Gasteiger partial charge in [-0.3, -0.25) is 0 Å². The van der Waals surface area contributed by atoms with E-state index in [1.165, 1.54) is 13.3 Å². The molecule has 0 radical (unpaired) electrons. The lowest BCUT2D eigenvalue weighted by atomic mass is 10.2. The van der Waals surface area contributed by atoms with Crippen molar-refractivity contribution in [2.75, 3.05) is 20.3 Å². The minimum atomic E-state index is -0.436. The summed E-state index contributed by atoms with van der Waals surface area (Å²) in [4.78, 5) is 24.6. The zero-order valence-electron chi connectivity index (χ0n) is 13.6. The summed E-state index contributed by atoms with van der Waals surface area (Å²) in [6, 6.07) is 1.68. The van der Waals surface area contributed by atoms with Crippen molar-refractivity contribution >= 4 is 5.97 Å². The number of carbonyl (C=O) groups excluding carboxylic acids is 1. The molecular weight excluding hydrogens is 298 g/mol. The summed E-state index contributed by atoms with van der Waals surface area (Å²) in [5.41, 5.74) is 1.51. The number of pyridine rings is 1. The summed E-state index contributed by atoms with van der Waals surface area (Å²) < 4.78 is 15.7. The fraction of sp³-hybridized carbons (Fsp3) is 0.375. The Morgan fingerprint density at radius 3 is 2.57 bits per heavy atom. The first-order valence-corrected chi connectivity index (χ1v) is 7.28. The molecule has 7 nitrogen and oxygen atoms in total. The highest BCUT2D eigenvalue weighted by Gasteiger charge is 2.16. The lowest BCUT2D eigenvalue weighted by Crippen LogP contribution is -2.09. The van der Waals surface area contributed by atoms with E-state index in [0.717, 1.165) is 0 Å². The van der Waals surface area contributed by atoms with Crippen molar-refractivity contribution < 1.29 is 19.0 Å². The summed E-state index contributed by atoms with van der Waals surface area (Å²) in [5.74, 6) is 1.00. The molecule has 0 bridgehead atoms. The molecule has 2 aromatic heterocycles. The van der Waals surface area contributed by atoms with Gasteiger partial charge in [0.15, 0.2) is 5.82 Å². The Morgan fingerprint density at radius 2 is 1.96 bits per heavy atom. The van der Waals surface area contributed by atoms with Crippen molar-refractivity contribution in [3.05, 3.63) is 29.7 Å². The van der Waals surface area contributed by atoms with Gasteiger partial charge in [-0.2, -0.15) is 0 Å². The predicted octanol–water partition coefficient (Wildman–Crippen LogP) is 2.43. The highest BCUT2D eigenvalue weighted by atomic mass is 16.5. The lowest BCUT2D eigenvalue weighted by Gasteiger charge is -2.11. The van der Waals surface area contributed by atoms with Crippen LogP contribution in [0.4, 0.5) is 0 Å². The molecule has 0 aliphatic rings. The normalized spacial score (nSPS) is 10.3. The monoisotopic (exact) mass is 317 g/mol. The maximum Gasteiger partial charge on any atom is 0.341 e. The zero-order chi connectivity index (χ0) is 16.8.